The molecule has 102 valence electrons. The van der Waals surface area contributed by atoms with E-state index in [1.54, 1.807) is 6.07 Å². The minimum Gasteiger partial charge on any atom is -0.508 e. The van der Waals surface area contributed by atoms with Crippen molar-refractivity contribution >= 4 is 11.8 Å². The summed E-state index contributed by atoms with van der Waals surface area (Å²) >= 11 is 1.96. The number of hydrogen-bond donors (Lipinski definition) is 2. The van der Waals surface area contributed by atoms with E-state index < -0.39 is 0 Å². The second-order valence-electron chi connectivity index (χ2n) is 3.85. The van der Waals surface area contributed by atoms with Crippen molar-refractivity contribution in [3.8, 4) is 22.6 Å². The van der Waals surface area contributed by atoms with Crippen molar-refractivity contribution in [3.63, 3.8) is 0 Å². The fourth-order valence-corrected chi connectivity index (χ4v) is 1.99. The number of thioether (sulfide) groups is 1. The van der Waals surface area contributed by atoms with Gasteiger partial charge in [-0.25, -0.2) is 0 Å². The lowest BCUT2D eigenvalue weighted by molar-refractivity contribution is 0.462. The molecule has 0 heterocycles. The van der Waals surface area contributed by atoms with Gasteiger partial charge in [-0.2, -0.15) is 11.8 Å². The van der Waals surface area contributed by atoms with Crippen molar-refractivity contribution in [2.75, 3.05) is 11.5 Å². The van der Waals surface area contributed by atoms with Gasteiger partial charge in [0.15, 0.2) is 0 Å². The van der Waals surface area contributed by atoms with E-state index in [2.05, 4.69) is 13.8 Å². The maximum atomic E-state index is 9.58. The molecule has 0 saturated heterocycles. The number of benzene rings is 2. The molecule has 2 rings (SSSR count). The lowest BCUT2D eigenvalue weighted by Crippen LogP contribution is -1.78. The van der Waals surface area contributed by atoms with Gasteiger partial charge >= 0.3 is 0 Å². The normalized spacial score (nSPS) is 9.58. The Morgan fingerprint density at radius 3 is 2.05 bits per heavy atom. The predicted molar refractivity (Wildman–Crippen MR) is 83.9 cm³/mol. The Labute approximate surface area is 119 Å². The number of phenolic OH excluding ortho intramolecular Hbond substituents is 2. The van der Waals surface area contributed by atoms with Gasteiger partial charge in [-0.15, -0.1) is 0 Å². The molecular weight excluding hydrogens is 256 g/mol. The summed E-state index contributed by atoms with van der Waals surface area (Å²) in [5.41, 5.74) is 1.53. The molecule has 3 heteroatoms. The maximum absolute atomic E-state index is 9.58. The van der Waals surface area contributed by atoms with E-state index in [1.807, 2.05) is 42.1 Å². The smallest absolute Gasteiger partial charge is 0.123 e. The van der Waals surface area contributed by atoms with Crippen LogP contribution in [0, 0.1) is 0 Å². The Morgan fingerprint density at radius 1 is 0.895 bits per heavy atom. The van der Waals surface area contributed by atoms with Crippen LogP contribution in [0.2, 0.25) is 0 Å². The van der Waals surface area contributed by atoms with Crippen LogP contribution < -0.4 is 0 Å². The molecule has 0 bridgehead atoms. The van der Waals surface area contributed by atoms with Gasteiger partial charge in [0.2, 0.25) is 0 Å². The largest absolute Gasteiger partial charge is 0.508 e. The molecule has 0 unspecified atom stereocenters. The highest BCUT2D eigenvalue weighted by Gasteiger charge is 2.03. The van der Waals surface area contributed by atoms with Crippen LogP contribution in [0.4, 0.5) is 0 Å². The molecule has 0 atom stereocenters. The van der Waals surface area contributed by atoms with Gasteiger partial charge in [0.25, 0.3) is 0 Å². The van der Waals surface area contributed by atoms with E-state index in [9.17, 15) is 10.2 Å². The third-order valence-corrected chi connectivity index (χ3v) is 3.29. The average Bonchev–Trinajstić information content (AvgIpc) is 2.44. The van der Waals surface area contributed by atoms with Crippen LogP contribution in [-0.4, -0.2) is 21.7 Å². The monoisotopic (exact) mass is 276 g/mol. The SMILES string of the molecule is CCSCC.Oc1ccc(O)c(-c2ccccc2)c1. The minimum atomic E-state index is 0.154. The van der Waals surface area contributed by atoms with E-state index in [0.717, 1.165) is 5.56 Å². The molecule has 0 fully saturated rings. The van der Waals surface area contributed by atoms with Crippen LogP contribution in [-0.2, 0) is 0 Å². The van der Waals surface area contributed by atoms with Crippen molar-refractivity contribution in [1.82, 2.24) is 0 Å². The van der Waals surface area contributed by atoms with Crippen LogP contribution in [0.1, 0.15) is 13.8 Å². The number of rotatable bonds is 3. The first-order chi connectivity index (χ1) is 9.19. The third kappa shape index (κ3) is 5.26. The Bertz CT molecular complexity index is 481. The van der Waals surface area contributed by atoms with E-state index in [0.29, 0.717) is 5.56 Å². The molecule has 0 aliphatic heterocycles. The average molecular weight is 276 g/mol. The first-order valence-electron chi connectivity index (χ1n) is 6.34. The molecule has 2 N–H and O–H groups in total. The highest BCUT2D eigenvalue weighted by molar-refractivity contribution is 7.99. The number of hydrogen-bond acceptors (Lipinski definition) is 3. The minimum absolute atomic E-state index is 0.154. The van der Waals surface area contributed by atoms with Crippen LogP contribution in [0.15, 0.2) is 48.5 Å². The van der Waals surface area contributed by atoms with Gasteiger partial charge in [0.05, 0.1) is 0 Å². The standard InChI is InChI=1S/C12H10O2.C4H10S/c13-10-6-7-12(14)11(8-10)9-4-2-1-3-5-9;1-3-5-4-2/h1-8,13-14H;3-4H2,1-2H3. The molecule has 0 radical (unpaired) electrons. The van der Waals surface area contributed by atoms with Gasteiger partial charge in [-0.05, 0) is 35.3 Å². The van der Waals surface area contributed by atoms with E-state index in [-0.39, 0.29) is 11.5 Å². The zero-order chi connectivity index (χ0) is 14.1. The summed E-state index contributed by atoms with van der Waals surface area (Å²) in [6, 6.07) is 13.9. The Kier molecular flexibility index (Phi) is 6.90. The molecule has 2 nitrogen and oxygen atoms in total. The molecule has 0 aromatic heterocycles. The fourth-order valence-electron chi connectivity index (χ4n) is 1.58. The molecule has 0 spiro atoms. The highest BCUT2D eigenvalue weighted by Crippen LogP contribution is 2.31. The summed E-state index contributed by atoms with van der Waals surface area (Å²) in [5.74, 6) is 2.85. The summed E-state index contributed by atoms with van der Waals surface area (Å²) in [5, 5.41) is 18.9. The zero-order valence-electron chi connectivity index (χ0n) is 11.3. The van der Waals surface area contributed by atoms with Gasteiger partial charge in [0.1, 0.15) is 11.5 Å². The molecule has 2 aromatic carbocycles. The lowest BCUT2D eigenvalue weighted by atomic mass is 10.0. The third-order valence-electron chi connectivity index (χ3n) is 2.47. The molecule has 2 aromatic rings. The van der Waals surface area contributed by atoms with Gasteiger partial charge in [-0.3, -0.25) is 0 Å². The fraction of sp³-hybridized carbons (Fsp3) is 0.250. The van der Waals surface area contributed by atoms with Crippen molar-refractivity contribution in [2.45, 2.75) is 13.8 Å². The number of phenols is 2. The van der Waals surface area contributed by atoms with E-state index >= 15 is 0 Å². The van der Waals surface area contributed by atoms with Crippen molar-refractivity contribution < 1.29 is 10.2 Å². The van der Waals surface area contributed by atoms with E-state index in [4.69, 9.17) is 0 Å². The molecule has 0 aliphatic rings. The Hall–Kier alpha value is -1.61. The summed E-state index contributed by atoms with van der Waals surface area (Å²) in [6.45, 7) is 4.35. The first kappa shape index (κ1) is 15.4. The highest BCUT2D eigenvalue weighted by atomic mass is 32.2. The summed E-state index contributed by atoms with van der Waals surface area (Å²) < 4.78 is 0. The van der Waals surface area contributed by atoms with Gasteiger partial charge in [0, 0.05) is 5.56 Å². The molecular formula is C16H20O2S. The van der Waals surface area contributed by atoms with Crippen LogP contribution in [0.3, 0.4) is 0 Å². The Morgan fingerprint density at radius 2 is 1.53 bits per heavy atom. The first-order valence-corrected chi connectivity index (χ1v) is 7.49. The van der Waals surface area contributed by atoms with Crippen LogP contribution in [0.5, 0.6) is 11.5 Å². The molecule has 0 aliphatic carbocycles. The van der Waals surface area contributed by atoms with Crippen LogP contribution in [0.25, 0.3) is 11.1 Å². The van der Waals surface area contributed by atoms with Crippen molar-refractivity contribution in [1.29, 1.82) is 0 Å². The topological polar surface area (TPSA) is 40.5 Å². The van der Waals surface area contributed by atoms with E-state index in [1.165, 1.54) is 23.6 Å². The quantitative estimate of drug-likeness (QED) is 0.809. The lowest BCUT2D eigenvalue weighted by Gasteiger charge is -2.04. The zero-order valence-corrected chi connectivity index (χ0v) is 12.2. The van der Waals surface area contributed by atoms with Gasteiger partial charge < -0.3 is 10.2 Å². The second kappa shape index (κ2) is 8.48. The molecule has 19 heavy (non-hydrogen) atoms. The summed E-state index contributed by atoms with van der Waals surface area (Å²) in [7, 11) is 0. The van der Waals surface area contributed by atoms with Crippen LogP contribution >= 0.6 is 11.8 Å². The van der Waals surface area contributed by atoms with Crippen molar-refractivity contribution in [3.05, 3.63) is 48.5 Å². The second-order valence-corrected chi connectivity index (χ2v) is 5.41. The molecule has 0 amide bonds. The molecule has 0 saturated carbocycles. The van der Waals surface area contributed by atoms with Crippen molar-refractivity contribution in [2.24, 2.45) is 0 Å². The maximum Gasteiger partial charge on any atom is 0.123 e. The summed E-state index contributed by atoms with van der Waals surface area (Å²) in [6.07, 6.45) is 0. The number of aromatic hydroxyl groups is 2. The Balaban J connectivity index is 0.000000312. The summed E-state index contributed by atoms with van der Waals surface area (Å²) in [4.78, 5) is 0. The predicted octanol–water partition coefficient (Wildman–Crippen LogP) is 4.52. The van der Waals surface area contributed by atoms with Gasteiger partial charge in [-0.1, -0.05) is 44.2 Å².